The first kappa shape index (κ1) is 13.3. The molecule has 0 spiro atoms. The number of aryl methyl sites for hydroxylation is 3. The Morgan fingerprint density at radius 2 is 2.35 bits per heavy atom. The summed E-state index contributed by atoms with van der Waals surface area (Å²) < 4.78 is 1.79. The first-order valence-electron chi connectivity index (χ1n) is 7.35. The molecule has 1 aliphatic rings. The van der Waals surface area contributed by atoms with E-state index in [1.807, 2.05) is 25.5 Å². The lowest BCUT2D eigenvalue weighted by atomic mass is 9.81. The summed E-state index contributed by atoms with van der Waals surface area (Å²) in [7, 11) is 1.91. The fourth-order valence-electron chi connectivity index (χ4n) is 3.24. The quantitative estimate of drug-likeness (QED) is 0.933. The number of nitrogens with zero attached hydrogens (tertiary/aromatic N) is 3. The molecular formula is C16H21N3O. The first-order chi connectivity index (χ1) is 9.70. The fourth-order valence-corrected chi connectivity index (χ4v) is 3.24. The molecule has 0 saturated heterocycles. The van der Waals surface area contributed by atoms with Crippen molar-refractivity contribution in [1.29, 1.82) is 0 Å². The van der Waals surface area contributed by atoms with Crippen LogP contribution in [0.2, 0.25) is 0 Å². The molecule has 4 nitrogen and oxygen atoms in total. The molecule has 4 heteroatoms. The molecule has 1 N–H and O–H groups in total. The summed E-state index contributed by atoms with van der Waals surface area (Å²) in [6, 6.07) is 4.11. The summed E-state index contributed by atoms with van der Waals surface area (Å²) in [5, 5.41) is 15.3. The van der Waals surface area contributed by atoms with Crippen LogP contribution in [0.1, 0.15) is 54.3 Å². The van der Waals surface area contributed by atoms with Gasteiger partial charge in [-0.1, -0.05) is 13.0 Å². The van der Waals surface area contributed by atoms with E-state index in [4.69, 9.17) is 0 Å². The van der Waals surface area contributed by atoms with Crippen molar-refractivity contribution in [2.24, 2.45) is 7.05 Å². The minimum Gasteiger partial charge on any atom is -0.388 e. The van der Waals surface area contributed by atoms with E-state index >= 15 is 0 Å². The van der Waals surface area contributed by atoms with Crippen molar-refractivity contribution in [2.75, 3.05) is 0 Å². The maximum Gasteiger partial charge on any atom is 0.0906 e. The molecule has 2 aromatic heterocycles. The van der Waals surface area contributed by atoms with Gasteiger partial charge in [-0.15, -0.1) is 0 Å². The Labute approximate surface area is 119 Å². The van der Waals surface area contributed by atoms with Gasteiger partial charge in [0, 0.05) is 36.6 Å². The molecule has 106 valence electrons. The highest BCUT2D eigenvalue weighted by Gasteiger charge is 2.30. The number of aromatic nitrogens is 3. The maximum absolute atomic E-state index is 10.8. The van der Waals surface area contributed by atoms with Gasteiger partial charge in [0.15, 0.2) is 0 Å². The fraction of sp³-hybridized carbons (Fsp3) is 0.500. The van der Waals surface area contributed by atoms with Crippen LogP contribution in [-0.2, 0) is 19.9 Å². The summed E-state index contributed by atoms with van der Waals surface area (Å²) in [6.07, 6.45) is 7.28. The van der Waals surface area contributed by atoms with Crippen LogP contribution in [0, 0.1) is 0 Å². The second kappa shape index (κ2) is 5.37. The normalized spacial score (nSPS) is 19.6. The van der Waals surface area contributed by atoms with Crippen molar-refractivity contribution in [3.8, 4) is 0 Å². The maximum atomic E-state index is 10.8. The summed E-state index contributed by atoms with van der Waals surface area (Å²) >= 11 is 0. The van der Waals surface area contributed by atoms with E-state index in [1.165, 1.54) is 5.56 Å². The number of fused-ring (bicyclic) bond motifs is 1. The van der Waals surface area contributed by atoms with E-state index in [0.717, 1.165) is 42.6 Å². The molecule has 0 bridgehead atoms. The van der Waals surface area contributed by atoms with Crippen LogP contribution in [-0.4, -0.2) is 19.9 Å². The highest BCUT2D eigenvalue weighted by molar-refractivity contribution is 5.31. The molecule has 0 saturated carbocycles. The Balaban J connectivity index is 1.97. The van der Waals surface area contributed by atoms with Gasteiger partial charge in [0.2, 0.25) is 0 Å². The molecule has 1 aliphatic carbocycles. The van der Waals surface area contributed by atoms with Crippen LogP contribution < -0.4 is 0 Å². The molecule has 0 aromatic carbocycles. The number of hydrogen-bond donors (Lipinski definition) is 1. The molecule has 2 unspecified atom stereocenters. The van der Waals surface area contributed by atoms with Crippen LogP contribution in [0.4, 0.5) is 0 Å². The summed E-state index contributed by atoms with van der Waals surface area (Å²) in [6.45, 7) is 2.08. The highest BCUT2D eigenvalue weighted by Crippen LogP contribution is 2.39. The number of aliphatic hydroxyl groups is 1. The van der Waals surface area contributed by atoms with E-state index in [-0.39, 0.29) is 5.92 Å². The predicted octanol–water partition coefficient (Wildman–Crippen LogP) is 2.53. The van der Waals surface area contributed by atoms with Gasteiger partial charge in [-0.3, -0.25) is 9.67 Å². The largest absolute Gasteiger partial charge is 0.388 e. The van der Waals surface area contributed by atoms with Crippen LogP contribution in [0.15, 0.2) is 24.5 Å². The van der Waals surface area contributed by atoms with Crippen molar-refractivity contribution in [1.82, 2.24) is 14.8 Å². The van der Waals surface area contributed by atoms with Crippen LogP contribution in [0.5, 0.6) is 0 Å². The van der Waals surface area contributed by atoms with Gasteiger partial charge in [-0.2, -0.15) is 5.10 Å². The number of aliphatic hydroxyl groups excluding tert-OH is 1. The first-order valence-corrected chi connectivity index (χ1v) is 7.35. The average Bonchev–Trinajstić information content (AvgIpc) is 2.87. The lowest BCUT2D eigenvalue weighted by molar-refractivity contribution is 0.133. The Kier molecular flexibility index (Phi) is 3.57. The van der Waals surface area contributed by atoms with E-state index < -0.39 is 6.10 Å². The molecule has 2 aromatic rings. The molecule has 2 atom stereocenters. The third-order valence-corrected chi connectivity index (χ3v) is 4.21. The molecule has 0 fully saturated rings. The van der Waals surface area contributed by atoms with Crippen LogP contribution in [0.25, 0.3) is 0 Å². The summed E-state index contributed by atoms with van der Waals surface area (Å²) in [5.41, 5.74) is 4.29. The zero-order valence-electron chi connectivity index (χ0n) is 12.1. The summed E-state index contributed by atoms with van der Waals surface area (Å²) in [5.74, 6) is 0.0921. The Bertz CT molecular complexity index is 606. The molecule has 0 aliphatic heterocycles. The second-order valence-electron chi connectivity index (χ2n) is 5.55. The standard InChI is InChI=1S/C16H21N3O/c1-3-14-13(10-19(2)18-14)16(20)12-8-4-6-11-7-5-9-17-15(11)12/h5,7,9-10,12,16,20H,3-4,6,8H2,1-2H3. The van der Waals surface area contributed by atoms with Crippen molar-refractivity contribution in [3.63, 3.8) is 0 Å². The van der Waals surface area contributed by atoms with E-state index in [2.05, 4.69) is 23.1 Å². The SMILES string of the molecule is CCc1nn(C)cc1C(O)C1CCCc2cccnc21. The molecule has 2 heterocycles. The van der Waals surface area contributed by atoms with Crippen molar-refractivity contribution in [2.45, 2.75) is 44.6 Å². The zero-order chi connectivity index (χ0) is 14.1. The van der Waals surface area contributed by atoms with Crippen LogP contribution in [0.3, 0.4) is 0 Å². The Morgan fingerprint density at radius 3 is 3.15 bits per heavy atom. The number of rotatable bonds is 3. The Morgan fingerprint density at radius 1 is 1.50 bits per heavy atom. The van der Waals surface area contributed by atoms with Gasteiger partial charge in [0.25, 0.3) is 0 Å². The summed E-state index contributed by atoms with van der Waals surface area (Å²) in [4.78, 5) is 4.52. The zero-order valence-corrected chi connectivity index (χ0v) is 12.1. The topological polar surface area (TPSA) is 50.9 Å². The minimum atomic E-state index is -0.507. The smallest absolute Gasteiger partial charge is 0.0906 e. The van der Waals surface area contributed by atoms with Crippen molar-refractivity contribution < 1.29 is 5.11 Å². The highest BCUT2D eigenvalue weighted by atomic mass is 16.3. The third kappa shape index (κ3) is 2.24. The van der Waals surface area contributed by atoms with E-state index in [0.29, 0.717) is 0 Å². The Hall–Kier alpha value is -1.68. The third-order valence-electron chi connectivity index (χ3n) is 4.21. The lowest BCUT2D eigenvalue weighted by Gasteiger charge is -2.28. The molecule has 0 amide bonds. The molecule has 20 heavy (non-hydrogen) atoms. The molecule has 3 rings (SSSR count). The van der Waals surface area contributed by atoms with E-state index in [9.17, 15) is 5.11 Å². The van der Waals surface area contributed by atoms with Crippen molar-refractivity contribution in [3.05, 3.63) is 47.0 Å². The number of hydrogen-bond acceptors (Lipinski definition) is 3. The minimum absolute atomic E-state index is 0.0921. The lowest BCUT2D eigenvalue weighted by Crippen LogP contribution is -2.19. The molecule has 0 radical (unpaired) electrons. The van der Waals surface area contributed by atoms with Gasteiger partial charge >= 0.3 is 0 Å². The van der Waals surface area contributed by atoms with Gasteiger partial charge in [0.05, 0.1) is 11.8 Å². The average molecular weight is 271 g/mol. The van der Waals surface area contributed by atoms with Gasteiger partial charge in [0.1, 0.15) is 0 Å². The second-order valence-corrected chi connectivity index (χ2v) is 5.55. The van der Waals surface area contributed by atoms with E-state index in [1.54, 1.807) is 4.68 Å². The monoisotopic (exact) mass is 271 g/mol. The van der Waals surface area contributed by atoms with Crippen LogP contribution >= 0.6 is 0 Å². The van der Waals surface area contributed by atoms with Gasteiger partial charge in [-0.25, -0.2) is 0 Å². The van der Waals surface area contributed by atoms with Crippen molar-refractivity contribution >= 4 is 0 Å². The predicted molar refractivity (Wildman–Crippen MR) is 77.5 cm³/mol. The number of pyridine rings is 1. The molecular weight excluding hydrogens is 250 g/mol. The van der Waals surface area contributed by atoms with Gasteiger partial charge in [-0.05, 0) is 37.3 Å². The van der Waals surface area contributed by atoms with Gasteiger partial charge < -0.3 is 5.11 Å².